The van der Waals surface area contributed by atoms with Crippen LogP contribution >= 0.6 is 0 Å². The molecule has 38 heavy (non-hydrogen) atoms. The highest BCUT2D eigenvalue weighted by Crippen LogP contribution is 2.29. The average molecular weight is 540 g/mol. The molecule has 0 aliphatic carbocycles. The number of piperidine rings is 1. The second-order valence-corrected chi connectivity index (χ2v) is 11.5. The zero-order valence-corrected chi connectivity index (χ0v) is 22.9. The lowest BCUT2D eigenvalue weighted by Gasteiger charge is -2.26. The summed E-state index contributed by atoms with van der Waals surface area (Å²) in [6.07, 6.45) is 3.59. The zero-order chi connectivity index (χ0) is 27.1. The van der Waals surface area contributed by atoms with E-state index in [2.05, 4.69) is 34.4 Å². The third-order valence-electron chi connectivity index (χ3n) is 7.05. The maximum absolute atomic E-state index is 13.4. The van der Waals surface area contributed by atoms with Crippen LogP contribution < -0.4 is 16.2 Å². The van der Waals surface area contributed by atoms with E-state index >= 15 is 0 Å². The van der Waals surface area contributed by atoms with Gasteiger partial charge in [0.25, 0.3) is 5.91 Å². The number of carbonyl (C=O) groups excluding carboxylic acids is 1. The van der Waals surface area contributed by atoms with Crippen LogP contribution in [0.5, 0.6) is 0 Å². The molecule has 0 radical (unpaired) electrons. The predicted octanol–water partition coefficient (Wildman–Crippen LogP) is 4.10. The van der Waals surface area contributed by atoms with E-state index in [9.17, 15) is 18.0 Å². The van der Waals surface area contributed by atoms with Crippen LogP contribution in [-0.4, -0.2) is 67.8 Å². The monoisotopic (exact) mass is 539 g/mol. The fourth-order valence-corrected chi connectivity index (χ4v) is 6.39. The van der Waals surface area contributed by atoms with Crippen LogP contribution in [0.15, 0.2) is 58.2 Å². The summed E-state index contributed by atoms with van der Waals surface area (Å²) in [5.74, 6) is -0.481. The van der Waals surface area contributed by atoms with E-state index in [-0.39, 0.29) is 16.0 Å². The SMILES string of the molecule is CCN(CC)CCCNc1ccc(S(=O)(=O)N2CCCCC2)cc1NC(=O)c1cc(=O)[nH]c2ccccc12. The van der Waals surface area contributed by atoms with E-state index in [4.69, 9.17) is 0 Å². The average Bonchev–Trinajstić information content (AvgIpc) is 2.93. The highest BCUT2D eigenvalue weighted by Gasteiger charge is 2.27. The lowest BCUT2D eigenvalue weighted by atomic mass is 10.1. The van der Waals surface area contributed by atoms with Crippen molar-refractivity contribution < 1.29 is 13.2 Å². The van der Waals surface area contributed by atoms with Crippen LogP contribution in [0.2, 0.25) is 0 Å². The van der Waals surface area contributed by atoms with Gasteiger partial charge in [-0.3, -0.25) is 9.59 Å². The first-order chi connectivity index (χ1) is 18.3. The van der Waals surface area contributed by atoms with E-state index in [1.54, 1.807) is 36.4 Å². The molecule has 0 spiro atoms. The number of nitrogens with zero attached hydrogens (tertiary/aromatic N) is 2. The topological polar surface area (TPSA) is 115 Å². The third-order valence-corrected chi connectivity index (χ3v) is 8.94. The summed E-state index contributed by atoms with van der Waals surface area (Å²) in [7, 11) is -3.69. The molecular weight excluding hydrogens is 502 g/mol. The van der Waals surface area contributed by atoms with Gasteiger partial charge in [0.1, 0.15) is 0 Å². The molecule has 1 saturated heterocycles. The van der Waals surface area contributed by atoms with Crippen LogP contribution in [0.25, 0.3) is 10.9 Å². The van der Waals surface area contributed by atoms with Gasteiger partial charge in [0.05, 0.1) is 21.8 Å². The zero-order valence-electron chi connectivity index (χ0n) is 22.1. The summed E-state index contributed by atoms with van der Waals surface area (Å²) in [4.78, 5) is 30.9. The van der Waals surface area contributed by atoms with Gasteiger partial charge in [-0.2, -0.15) is 4.31 Å². The van der Waals surface area contributed by atoms with Crippen molar-refractivity contribution in [3.8, 4) is 0 Å². The Bertz CT molecular complexity index is 1430. The first kappa shape index (κ1) is 27.8. The summed E-state index contributed by atoms with van der Waals surface area (Å²) < 4.78 is 28.3. The minimum atomic E-state index is -3.69. The normalized spacial score (nSPS) is 14.6. The number of hydrogen-bond acceptors (Lipinski definition) is 6. The number of pyridine rings is 1. The summed E-state index contributed by atoms with van der Waals surface area (Å²) in [5.41, 5.74) is 1.39. The van der Waals surface area contributed by atoms with E-state index in [0.717, 1.165) is 45.3 Å². The van der Waals surface area contributed by atoms with Crippen LogP contribution in [0.1, 0.15) is 49.9 Å². The van der Waals surface area contributed by atoms with Gasteiger partial charge in [-0.05, 0) is 63.2 Å². The van der Waals surface area contributed by atoms with Gasteiger partial charge in [-0.1, -0.05) is 38.5 Å². The molecule has 1 aliphatic heterocycles. The van der Waals surface area contributed by atoms with Crippen molar-refractivity contribution in [1.29, 1.82) is 0 Å². The number of aromatic amines is 1. The van der Waals surface area contributed by atoms with Crippen molar-refractivity contribution in [1.82, 2.24) is 14.2 Å². The van der Waals surface area contributed by atoms with E-state index in [1.807, 2.05) is 0 Å². The van der Waals surface area contributed by atoms with Gasteiger partial charge >= 0.3 is 0 Å². The molecule has 1 fully saturated rings. The van der Waals surface area contributed by atoms with Crippen molar-refractivity contribution in [2.24, 2.45) is 0 Å². The number of carbonyl (C=O) groups is 1. The summed E-state index contributed by atoms with van der Waals surface area (Å²) in [5, 5.41) is 6.86. The molecule has 204 valence electrons. The molecule has 0 atom stereocenters. The van der Waals surface area contributed by atoms with Crippen LogP contribution in [0.4, 0.5) is 11.4 Å². The van der Waals surface area contributed by atoms with Gasteiger partial charge in [0.15, 0.2) is 0 Å². The third kappa shape index (κ3) is 6.43. The molecule has 1 amide bonds. The van der Waals surface area contributed by atoms with Gasteiger partial charge in [-0.25, -0.2) is 8.42 Å². The molecule has 1 aromatic heterocycles. The molecule has 3 aromatic rings. The van der Waals surface area contributed by atoms with Crippen LogP contribution in [0.3, 0.4) is 0 Å². The molecule has 2 heterocycles. The highest BCUT2D eigenvalue weighted by atomic mass is 32.2. The van der Waals surface area contributed by atoms with Crippen molar-refractivity contribution in [3.63, 3.8) is 0 Å². The molecule has 0 bridgehead atoms. The highest BCUT2D eigenvalue weighted by molar-refractivity contribution is 7.89. The number of benzene rings is 2. The maximum atomic E-state index is 13.4. The molecule has 0 unspecified atom stereocenters. The first-order valence-electron chi connectivity index (χ1n) is 13.4. The standard InChI is InChI=1S/C28H37N5O4S/c1-3-32(4-2)16-10-15-29-25-14-13-21(38(36,37)33-17-8-5-9-18-33)19-26(25)31-28(35)23-20-27(34)30-24-12-7-6-11-22(23)24/h6-7,11-14,19-20,29H,3-5,8-10,15-18H2,1-2H3,(H,30,34)(H,31,35). The molecule has 9 nitrogen and oxygen atoms in total. The predicted molar refractivity (Wildman–Crippen MR) is 152 cm³/mol. The van der Waals surface area contributed by atoms with Gasteiger partial charge in [-0.15, -0.1) is 0 Å². The number of H-pyrrole nitrogens is 1. The Kier molecular flexibility index (Phi) is 9.19. The number of fused-ring (bicyclic) bond motifs is 1. The molecular formula is C28H37N5O4S. The lowest BCUT2D eigenvalue weighted by Crippen LogP contribution is -2.35. The number of anilines is 2. The molecule has 4 rings (SSSR count). The quantitative estimate of drug-likeness (QED) is 0.316. The summed E-state index contributed by atoms with van der Waals surface area (Å²) >= 11 is 0. The Morgan fingerprint density at radius 3 is 2.47 bits per heavy atom. The molecule has 2 aromatic carbocycles. The molecule has 1 aliphatic rings. The fraction of sp³-hybridized carbons (Fsp3) is 0.429. The van der Waals surface area contributed by atoms with Crippen molar-refractivity contribution in [2.45, 2.75) is 44.4 Å². The Hall–Kier alpha value is -3.21. The second-order valence-electron chi connectivity index (χ2n) is 9.53. The minimum Gasteiger partial charge on any atom is -0.383 e. The molecule has 3 N–H and O–H groups in total. The summed E-state index contributed by atoms with van der Waals surface area (Å²) in [6, 6.07) is 13.2. The maximum Gasteiger partial charge on any atom is 0.256 e. The number of sulfonamides is 1. The molecule has 0 saturated carbocycles. The fourth-order valence-electron chi connectivity index (χ4n) is 4.84. The number of hydrogen-bond donors (Lipinski definition) is 3. The van der Waals surface area contributed by atoms with Crippen LogP contribution in [-0.2, 0) is 10.0 Å². The Balaban J connectivity index is 1.64. The Labute approximate surface area is 224 Å². The van der Waals surface area contributed by atoms with Gasteiger partial charge in [0.2, 0.25) is 15.6 Å². The second kappa shape index (κ2) is 12.6. The van der Waals surface area contributed by atoms with Gasteiger partial charge in [0, 0.05) is 36.6 Å². The van der Waals surface area contributed by atoms with E-state index in [0.29, 0.717) is 41.9 Å². The Morgan fingerprint density at radius 1 is 1.00 bits per heavy atom. The first-order valence-corrected chi connectivity index (χ1v) is 14.8. The number of para-hydroxylation sites is 1. The number of rotatable bonds is 11. The van der Waals surface area contributed by atoms with E-state index in [1.165, 1.54) is 16.4 Å². The number of aromatic nitrogens is 1. The van der Waals surface area contributed by atoms with E-state index < -0.39 is 15.9 Å². The number of amides is 1. The largest absolute Gasteiger partial charge is 0.383 e. The smallest absolute Gasteiger partial charge is 0.256 e. The van der Waals surface area contributed by atoms with Crippen molar-refractivity contribution in [2.75, 3.05) is 49.9 Å². The van der Waals surface area contributed by atoms with Crippen molar-refractivity contribution >= 4 is 38.2 Å². The van der Waals surface area contributed by atoms with Gasteiger partial charge < -0.3 is 20.5 Å². The lowest BCUT2D eigenvalue weighted by molar-refractivity contribution is 0.102. The van der Waals surface area contributed by atoms with Crippen LogP contribution in [0, 0.1) is 0 Å². The Morgan fingerprint density at radius 2 is 1.74 bits per heavy atom. The number of nitrogens with one attached hydrogen (secondary N) is 3. The molecule has 10 heteroatoms. The van der Waals surface area contributed by atoms with Crippen molar-refractivity contribution in [3.05, 3.63) is 64.4 Å². The summed E-state index contributed by atoms with van der Waals surface area (Å²) in [6.45, 7) is 8.79. The minimum absolute atomic E-state index is 0.138.